The van der Waals surface area contributed by atoms with Crippen LogP contribution >= 0.6 is 0 Å². The molecule has 0 heterocycles. The van der Waals surface area contributed by atoms with Gasteiger partial charge in [0.15, 0.2) is 5.75 Å². The summed E-state index contributed by atoms with van der Waals surface area (Å²) in [6, 6.07) is 3.04. The number of nitro groups is 1. The van der Waals surface area contributed by atoms with Gasteiger partial charge in [-0.25, -0.2) is 13.1 Å². The van der Waals surface area contributed by atoms with E-state index in [1.165, 1.54) is 19.2 Å². The fraction of sp³-hybridized carbons (Fsp3) is 0.385. The molecular weight excluding hydrogens is 296 g/mol. The van der Waals surface area contributed by atoms with Crippen LogP contribution in [0.15, 0.2) is 23.1 Å². The molecule has 0 saturated heterocycles. The quantitative estimate of drug-likeness (QED) is 0.469. The molecule has 0 saturated carbocycles. The SMILES string of the molecule is C#CCC(CC)NS(=O)(=O)c1ccc(OC)c([N+](=O)[O-])c1. The molecule has 114 valence electrons. The van der Waals surface area contributed by atoms with Crippen molar-refractivity contribution in [2.75, 3.05) is 7.11 Å². The lowest BCUT2D eigenvalue weighted by Gasteiger charge is -2.14. The second kappa shape index (κ2) is 7.06. The molecule has 0 spiro atoms. The van der Waals surface area contributed by atoms with Crippen molar-refractivity contribution in [2.45, 2.75) is 30.7 Å². The van der Waals surface area contributed by atoms with Crippen LogP contribution in [-0.2, 0) is 10.0 Å². The van der Waals surface area contributed by atoms with Crippen LogP contribution in [0.1, 0.15) is 19.8 Å². The number of nitro benzene ring substituents is 1. The highest BCUT2D eigenvalue weighted by Gasteiger charge is 2.23. The van der Waals surface area contributed by atoms with E-state index in [0.717, 1.165) is 6.07 Å². The number of nitrogens with zero attached hydrogens (tertiary/aromatic N) is 1. The van der Waals surface area contributed by atoms with Crippen molar-refractivity contribution in [3.05, 3.63) is 28.3 Å². The Kier molecular flexibility index (Phi) is 5.69. The summed E-state index contributed by atoms with van der Waals surface area (Å²) in [6.45, 7) is 1.79. The molecule has 1 aromatic carbocycles. The first-order valence-electron chi connectivity index (χ1n) is 6.14. The molecule has 0 radical (unpaired) electrons. The van der Waals surface area contributed by atoms with Crippen molar-refractivity contribution in [3.63, 3.8) is 0 Å². The summed E-state index contributed by atoms with van der Waals surface area (Å²) >= 11 is 0. The molecule has 1 aromatic rings. The molecule has 7 nitrogen and oxygen atoms in total. The zero-order valence-electron chi connectivity index (χ0n) is 11.7. The average Bonchev–Trinajstić information content (AvgIpc) is 2.45. The summed E-state index contributed by atoms with van der Waals surface area (Å²) < 4.78 is 31.7. The van der Waals surface area contributed by atoms with E-state index in [-0.39, 0.29) is 17.1 Å². The Morgan fingerprint density at radius 3 is 2.67 bits per heavy atom. The van der Waals surface area contributed by atoms with Crippen LogP contribution in [0.4, 0.5) is 5.69 Å². The van der Waals surface area contributed by atoms with Crippen molar-refractivity contribution in [1.82, 2.24) is 4.72 Å². The Balaban J connectivity index is 3.17. The first kappa shape index (κ1) is 16.9. The van der Waals surface area contributed by atoms with Gasteiger partial charge in [-0.15, -0.1) is 12.3 Å². The van der Waals surface area contributed by atoms with Gasteiger partial charge in [0, 0.05) is 18.5 Å². The Hall–Kier alpha value is -2.11. The molecule has 8 heteroatoms. The molecule has 1 unspecified atom stereocenters. The first-order valence-corrected chi connectivity index (χ1v) is 7.62. The molecule has 0 amide bonds. The standard InChI is InChI=1S/C13H16N2O5S/c1-4-6-10(5-2)14-21(18,19)11-7-8-13(20-3)12(9-11)15(16)17/h1,7-10,14H,5-6H2,2-3H3. The summed E-state index contributed by atoms with van der Waals surface area (Å²) in [4.78, 5) is 10.0. The van der Waals surface area contributed by atoms with Crippen LogP contribution in [0.3, 0.4) is 0 Å². The molecular formula is C13H16N2O5S. The molecule has 1 N–H and O–H groups in total. The normalized spacial score (nSPS) is 12.4. The number of terminal acetylenes is 1. The van der Waals surface area contributed by atoms with Gasteiger partial charge in [-0.2, -0.15) is 0 Å². The number of hydrogen-bond acceptors (Lipinski definition) is 5. The Morgan fingerprint density at radius 2 is 2.19 bits per heavy atom. The number of rotatable bonds is 7. The Labute approximate surface area is 123 Å². The number of ether oxygens (including phenoxy) is 1. The molecule has 0 aliphatic rings. The van der Waals surface area contributed by atoms with Crippen LogP contribution in [0.5, 0.6) is 5.75 Å². The summed E-state index contributed by atoms with van der Waals surface area (Å²) in [5, 5.41) is 10.9. The third-order valence-corrected chi connectivity index (χ3v) is 4.35. The van der Waals surface area contributed by atoms with E-state index in [1.54, 1.807) is 6.92 Å². The van der Waals surface area contributed by atoms with Gasteiger partial charge in [0.25, 0.3) is 0 Å². The van der Waals surface area contributed by atoms with Gasteiger partial charge < -0.3 is 4.74 Å². The summed E-state index contributed by atoms with van der Waals surface area (Å²) in [5.74, 6) is 2.38. The molecule has 0 fully saturated rings. The molecule has 1 rings (SSSR count). The number of benzene rings is 1. The minimum Gasteiger partial charge on any atom is -0.490 e. The maximum Gasteiger partial charge on any atom is 0.312 e. The molecule has 0 aliphatic carbocycles. The number of hydrogen-bond donors (Lipinski definition) is 1. The van der Waals surface area contributed by atoms with Crippen molar-refractivity contribution in [3.8, 4) is 18.1 Å². The summed E-state index contributed by atoms with van der Waals surface area (Å²) in [6.07, 6.45) is 5.93. The molecule has 0 aromatic heterocycles. The fourth-order valence-electron chi connectivity index (χ4n) is 1.68. The van der Waals surface area contributed by atoms with Gasteiger partial charge >= 0.3 is 5.69 Å². The van der Waals surface area contributed by atoms with Gasteiger partial charge in [-0.3, -0.25) is 10.1 Å². The van der Waals surface area contributed by atoms with Crippen LogP contribution in [0, 0.1) is 22.5 Å². The summed E-state index contributed by atoms with van der Waals surface area (Å²) in [7, 11) is -2.61. The third kappa shape index (κ3) is 4.18. The van der Waals surface area contributed by atoms with E-state index in [1.807, 2.05) is 0 Å². The lowest BCUT2D eigenvalue weighted by atomic mass is 10.2. The van der Waals surface area contributed by atoms with Crippen LogP contribution in [0.2, 0.25) is 0 Å². The molecule has 0 aliphatic heterocycles. The van der Waals surface area contributed by atoms with Crippen molar-refractivity contribution >= 4 is 15.7 Å². The van der Waals surface area contributed by atoms with Crippen molar-refractivity contribution in [2.24, 2.45) is 0 Å². The lowest BCUT2D eigenvalue weighted by molar-refractivity contribution is -0.386. The van der Waals surface area contributed by atoms with E-state index < -0.39 is 26.7 Å². The zero-order valence-corrected chi connectivity index (χ0v) is 12.5. The summed E-state index contributed by atoms with van der Waals surface area (Å²) in [5.41, 5.74) is -0.412. The Bertz CT molecular complexity index is 664. The van der Waals surface area contributed by atoms with E-state index >= 15 is 0 Å². The number of nitrogens with one attached hydrogen (secondary N) is 1. The van der Waals surface area contributed by atoms with E-state index in [4.69, 9.17) is 11.2 Å². The second-order valence-corrected chi connectivity index (χ2v) is 5.94. The topological polar surface area (TPSA) is 98.5 Å². The monoisotopic (exact) mass is 312 g/mol. The molecule has 1 atom stereocenters. The fourth-order valence-corrected chi connectivity index (χ4v) is 3.02. The molecule has 21 heavy (non-hydrogen) atoms. The number of methoxy groups -OCH3 is 1. The van der Waals surface area contributed by atoms with Gasteiger partial charge in [-0.05, 0) is 18.6 Å². The van der Waals surface area contributed by atoms with E-state index in [9.17, 15) is 18.5 Å². The van der Waals surface area contributed by atoms with Crippen LogP contribution in [0.25, 0.3) is 0 Å². The second-order valence-electron chi connectivity index (χ2n) is 4.23. The highest BCUT2D eigenvalue weighted by atomic mass is 32.2. The van der Waals surface area contributed by atoms with Crippen molar-refractivity contribution in [1.29, 1.82) is 0 Å². The van der Waals surface area contributed by atoms with Crippen molar-refractivity contribution < 1.29 is 18.1 Å². The Morgan fingerprint density at radius 1 is 1.52 bits per heavy atom. The first-order chi connectivity index (χ1) is 9.85. The maximum absolute atomic E-state index is 12.2. The van der Waals surface area contributed by atoms with Gasteiger partial charge in [0.1, 0.15) is 0 Å². The molecule has 0 bridgehead atoms. The lowest BCUT2D eigenvalue weighted by Crippen LogP contribution is -2.34. The predicted octanol–water partition coefficient (Wildman–Crippen LogP) is 1.68. The highest BCUT2D eigenvalue weighted by Crippen LogP contribution is 2.29. The third-order valence-electron chi connectivity index (χ3n) is 2.84. The van der Waals surface area contributed by atoms with Gasteiger partial charge in [0.05, 0.1) is 16.9 Å². The minimum atomic E-state index is -3.88. The van der Waals surface area contributed by atoms with Crippen LogP contribution in [-0.4, -0.2) is 26.5 Å². The smallest absolute Gasteiger partial charge is 0.312 e. The number of sulfonamides is 1. The predicted molar refractivity (Wildman–Crippen MR) is 77.5 cm³/mol. The minimum absolute atomic E-state index is 0.00498. The van der Waals surface area contributed by atoms with E-state index in [0.29, 0.717) is 6.42 Å². The highest BCUT2D eigenvalue weighted by molar-refractivity contribution is 7.89. The van der Waals surface area contributed by atoms with Gasteiger partial charge in [0.2, 0.25) is 10.0 Å². The average molecular weight is 312 g/mol. The van der Waals surface area contributed by atoms with Crippen LogP contribution < -0.4 is 9.46 Å². The zero-order chi connectivity index (χ0) is 16.0. The van der Waals surface area contributed by atoms with E-state index in [2.05, 4.69) is 10.6 Å². The van der Waals surface area contributed by atoms with Gasteiger partial charge in [-0.1, -0.05) is 6.92 Å². The largest absolute Gasteiger partial charge is 0.490 e. The maximum atomic E-state index is 12.2.